The molecule has 0 N–H and O–H groups in total. The average molecular weight is 1140 g/mol. The van der Waals surface area contributed by atoms with Gasteiger partial charge in [-0.25, -0.2) is 0 Å². The Labute approximate surface area is 509 Å². The second-order valence-electron chi connectivity index (χ2n) is 20.5. The second kappa shape index (κ2) is 68.5. The van der Waals surface area contributed by atoms with Gasteiger partial charge < -0.3 is 14.2 Å². The Morgan fingerprint density at radius 1 is 0.241 bits per heavy atom. The third kappa shape index (κ3) is 66.7. The molecule has 0 aromatic carbocycles. The fraction of sp³-hybridized carbons (Fsp3) is 0.519. The van der Waals surface area contributed by atoms with Gasteiger partial charge in [-0.2, -0.15) is 0 Å². The normalized spacial score (nSPS) is 13.5. The highest BCUT2D eigenvalue weighted by molar-refractivity contribution is 5.71. The Hall–Kier alpha value is -6.01. The molecule has 0 aliphatic rings. The molecule has 0 rings (SSSR count). The van der Waals surface area contributed by atoms with E-state index in [1.54, 1.807) is 0 Å². The van der Waals surface area contributed by atoms with Gasteiger partial charge in [0.25, 0.3) is 0 Å². The maximum atomic E-state index is 12.9. The van der Waals surface area contributed by atoms with E-state index >= 15 is 0 Å². The summed E-state index contributed by atoms with van der Waals surface area (Å²) in [5.74, 6) is -1.02. The van der Waals surface area contributed by atoms with Crippen LogP contribution < -0.4 is 0 Å². The SMILES string of the molecule is CC/C=C\C/C=C\C/C=C\C/C=C\C/C=C\C/C=C\C/C=C\C/C=C\C/C=C\C/C=C\CCCCCCC(=O)OCC(COC(=O)CCCCCCC/C=C\C/C=C\C/C=C\CC)OC(=O)CCCC/C=C\C/C=C\C/C=C\C/C=C\CC. The van der Waals surface area contributed by atoms with Crippen molar-refractivity contribution in [2.24, 2.45) is 0 Å². The standard InChI is InChI=1S/C77H116O6/c1-4-7-10-13-16-19-22-25-28-29-30-31-32-33-34-35-36-37-38-39-40-41-42-43-44-45-46-47-50-52-55-58-61-64-67-70-76(79)82-73-74(83-77(80)71-68-65-62-59-56-53-49-27-24-21-18-15-12-9-6-3)72-81-75(78)69-66-63-60-57-54-51-48-26-23-20-17-14-11-8-5-2/h7-12,16-21,25-28,30-31,33-34,36-37,39-40,42-43,45-46,48-50,52,56,59,74H,4-6,13-15,22-24,29,32,35,38,41,44,47,51,53-55,57-58,60-73H2,1-3H3/b10-7-,11-8-,12-9-,19-16-,20-17-,21-18-,28-25-,31-30-,34-33-,37-36-,40-39-,43-42-,46-45-,48-26-,49-27-,52-50-,59-56-. The monoisotopic (exact) mass is 1140 g/mol. The van der Waals surface area contributed by atoms with E-state index < -0.39 is 6.10 Å². The van der Waals surface area contributed by atoms with Crippen LogP contribution in [0, 0.1) is 0 Å². The number of carbonyl (C=O) groups excluding carboxylic acids is 3. The number of rotatable bonds is 56. The van der Waals surface area contributed by atoms with Crippen LogP contribution >= 0.6 is 0 Å². The summed E-state index contributed by atoms with van der Waals surface area (Å²) in [7, 11) is 0. The van der Waals surface area contributed by atoms with Crippen molar-refractivity contribution >= 4 is 17.9 Å². The fourth-order valence-electron chi connectivity index (χ4n) is 8.00. The number of hydrogen-bond acceptors (Lipinski definition) is 6. The molecule has 6 heteroatoms. The lowest BCUT2D eigenvalue weighted by Crippen LogP contribution is -2.30. The minimum atomic E-state index is -0.831. The third-order valence-electron chi connectivity index (χ3n) is 12.8. The Morgan fingerprint density at radius 3 is 0.699 bits per heavy atom. The largest absolute Gasteiger partial charge is 0.462 e. The zero-order valence-corrected chi connectivity index (χ0v) is 52.6. The lowest BCUT2D eigenvalue weighted by molar-refractivity contribution is -0.167. The van der Waals surface area contributed by atoms with Crippen LogP contribution in [0.5, 0.6) is 0 Å². The summed E-state index contributed by atoms with van der Waals surface area (Å²) in [4.78, 5) is 38.3. The molecule has 0 aromatic rings. The highest BCUT2D eigenvalue weighted by atomic mass is 16.6. The van der Waals surface area contributed by atoms with Crippen LogP contribution in [0.15, 0.2) is 207 Å². The topological polar surface area (TPSA) is 78.9 Å². The number of unbranched alkanes of at least 4 members (excludes halogenated alkanes) is 11. The van der Waals surface area contributed by atoms with E-state index in [-0.39, 0.29) is 37.5 Å². The summed E-state index contributed by atoms with van der Waals surface area (Å²) >= 11 is 0. The molecule has 1 atom stereocenters. The maximum absolute atomic E-state index is 12.9. The third-order valence-corrected chi connectivity index (χ3v) is 12.8. The molecule has 0 fully saturated rings. The highest BCUT2D eigenvalue weighted by Gasteiger charge is 2.19. The molecule has 0 aliphatic carbocycles. The van der Waals surface area contributed by atoms with E-state index in [4.69, 9.17) is 14.2 Å². The van der Waals surface area contributed by atoms with E-state index in [2.05, 4.69) is 227 Å². The molecule has 0 saturated heterocycles. The lowest BCUT2D eigenvalue weighted by Gasteiger charge is -2.18. The molecule has 6 nitrogen and oxygen atoms in total. The quantitative estimate of drug-likeness (QED) is 0.0261. The summed E-state index contributed by atoms with van der Waals surface area (Å²) in [6.07, 6.45) is 106. The zero-order valence-electron chi connectivity index (χ0n) is 52.6. The molecular weight excluding hydrogens is 1020 g/mol. The van der Waals surface area contributed by atoms with Crippen LogP contribution in [-0.2, 0) is 28.6 Å². The minimum Gasteiger partial charge on any atom is -0.462 e. The van der Waals surface area contributed by atoms with Crippen molar-refractivity contribution in [2.75, 3.05) is 13.2 Å². The molecule has 0 aromatic heterocycles. The summed E-state index contributed by atoms with van der Waals surface area (Å²) in [6.45, 7) is 6.21. The van der Waals surface area contributed by atoms with Gasteiger partial charge in [-0.1, -0.05) is 259 Å². The van der Waals surface area contributed by atoms with Crippen LogP contribution in [0.3, 0.4) is 0 Å². The first kappa shape index (κ1) is 77.0. The summed E-state index contributed by atoms with van der Waals surface area (Å²) < 4.78 is 16.8. The molecule has 1 unspecified atom stereocenters. The smallest absolute Gasteiger partial charge is 0.306 e. The summed E-state index contributed by atoms with van der Waals surface area (Å²) in [5.41, 5.74) is 0. The first-order chi connectivity index (χ1) is 41.0. The van der Waals surface area contributed by atoms with Crippen molar-refractivity contribution in [3.8, 4) is 0 Å². The molecule has 460 valence electrons. The van der Waals surface area contributed by atoms with Gasteiger partial charge in [0.2, 0.25) is 0 Å². The Balaban J connectivity index is 4.41. The molecule has 0 heterocycles. The molecule has 0 saturated carbocycles. The molecule has 0 spiro atoms. The van der Waals surface area contributed by atoms with Gasteiger partial charge in [-0.3, -0.25) is 14.4 Å². The first-order valence-electron chi connectivity index (χ1n) is 32.6. The van der Waals surface area contributed by atoms with Crippen LogP contribution in [0.4, 0.5) is 0 Å². The van der Waals surface area contributed by atoms with Crippen molar-refractivity contribution < 1.29 is 28.6 Å². The van der Waals surface area contributed by atoms with Gasteiger partial charge in [-0.05, 0) is 167 Å². The van der Waals surface area contributed by atoms with Gasteiger partial charge in [0.1, 0.15) is 13.2 Å². The van der Waals surface area contributed by atoms with E-state index in [0.29, 0.717) is 19.3 Å². The number of hydrogen-bond donors (Lipinski definition) is 0. The summed E-state index contributed by atoms with van der Waals surface area (Å²) in [5, 5.41) is 0. The number of carbonyl (C=O) groups is 3. The van der Waals surface area contributed by atoms with Crippen molar-refractivity contribution in [1.82, 2.24) is 0 Å². The summed E-state index contributed by atoms with van der Waals surface area (Å²) in [6, 6.07) is 0. The van der Waals surface area contributed by atoms with Gasteiger partial charge in [0, 0.05) is 19.3 Å². The number of esters is 3. The van der Waals surface area contributed by atoms with Crippen LogP contribution in [0.2, 0.25) is 0 Å². The molecule has 83 heavy (non-hydrogen) atoms. The lowest BCUT2D eigenvalue weighted by atomic mass is 10.1. The molecule has 0 amide bonds. The van der Waals surface area contributed by atoms with Crippen LogP contribution in [0.1, 0.15) is 239 Å². The van der Waals surface area contributed by atoms with E-state index in [0.717, 1.165) is 193 Å². The predicted molar refractivity (Wildman–Crippen MR) is 361 cm³/mol. The predicted octanol–water partition coefficient (Wildman–Crippen LogP) is 22.8. The van der Waals surface area contributed by atoms with Crippen molar-refractivity contribution in [3.05, 3.63) is 207 Å². The molecule has 0 radical (unpaired) electrons. The Kier molecular flexibility index (Phi) is 63.5. The Bertz CT molecular complexity index is 2030. The molecular formula is C77H116O6. The van der Waals surface area contributed by atoms with Crippen LogP contribution in [-0.4, -0.2) is 37.2 Å². The van der Waals surface area contributed by atoms with E-state index in [9.17, 15) is 14.4 Å². The van der Waals surface area contributed by atoms with Crippen molar-refractivity contribution in [2.45, 2.75) is 245 Å². The van der Waals surface area contributed by atoms with Gasteiger partial charge in [-0.15, -0.1) is 0 Å². The van der Waals surface area contributed by atoms with Gasteiger partial charge >= 0.3 is 17.9 Å². The van der Waals surface area contributed by atoms with Crippen molar-refractivity contribution in [1.29, 1.82) is 0 Å². The first-order valence-corrected chi connectivity index (χ1v) is 32.6. The van der Waals surface area contributed by atoms with E-state index in [1.807, 2.05) is 0 Å². The minimum absolute atomic E-state index is 0.123. The average Bonchev–Trinajstić information content (AvgIpc) is 3.49. The molecule has 0 bridgehead atoms. The number of allylic oxidation sites excluding steroid dienone is 34. The molecule has 0 aliphatic heterocycles. The Morgan fingerprint density at radius 2 is 0.434 bits per heavy atom. The zero-order chi connectivity index (χ0) is 59.9. The second-order valence-corrected chi connectivity index (χ2v) is 20.5. The fourth-order valence-corrected chi connectivity index (χ4v) is 8.00. The van der Waals surface area contributed by atoms with Crippen LogP contribution in [0.25, 0.3) is 0 Å². The van der Waals surface area contributed by atoms with Crippen molar-refractivity contribution in [3.63, 3.8) is 0 Å². The van der Waals surface area contributed by atoms with Gasteiger partial charge in [0.05, 0.1) is 0 Å². The maximum Gasteiger partial charge on any atom is 0.306 e. The number of ether oxygens (including phenoxy) is 3. The van der Waals surface area contributed by atoms with E-state index in [1.165, 1.54) is 0 Å². The van der Waals surface area contributed by atoms with Gasteiger partial charge in [0.15, 0.2) is 6.10 Å². The highest BCUT2D eigenvalue weighted by Crippen LogP contribution is 2.12.